The van der Waals surface area contributed by atoms with Crippen LogP contribution in [0.2, 0.25) is 20.1 Å². The molecule has 0 spiro atoms. The molecular formula is C20H13Cl4NO4S. The first kappa shape index (κ1) is 22.7. The van der Waals surface area contributed by atoms with Crippen molar-refractivity contribution in [2.75, 3.05) is 4.72 Å². The number of nitrogens with one attached hydrogen (secondary N) is 1. The molecule has 0 fully saturated rings. The van der Waals surface area contributed by atoms with E-state index in [1.54, 1.807) is 24.3 Å². The monoisotopic (exact) mass is 503 g/mol. The Morgan fingerprint density at radius 2 is 1.47 bits per heavy atom. The highest BCUT2D eigenvalue weighted by molar-refractivity contribution is 7.92. The number of sulfonamides is 1. The van der Waals surface area contributed by atoms with Crippen molar-refractivity contribution in [2.24, 2.45) is 0 Å². The number of halogens is 4. The molecule has 10 heteroatoms. The molecule has 0 saturated heterocycles. The average Bonchev–Trinajstić information content (AvgIpc) is 2.70. The molecule has 5 nitrogen and oxygen atoms in total. The van der Waals surface area contributed by atoms with Crippen LogP contribution >= 0.6 is 46.4 Å². The molecule has 0 aliphatic rings. The van der Waals surface area contributed by atoms with Gasteiger partial charge in [-0.25, -0.2) is 13.2 Å². The van der Waals surface area contributed by atoms with Gasteiger partial charge in [0.2, 0.25) is 0 Å². The Labute approximate surface area is 193 Å². The third kappa shape index (κ3) is 5.59. The zero-order valence-electron chi connectivity index (χ0n) is 15.0. The Bertz CT molecular complexity index is 1200. The van der Waals surface area contributed by atoms with Crippen molar-refractivity contribution < 1.29 is 17.9 Å². The second-order valence-electron chi connectivity index (χ2n) is 6.08. The van der Waals surface area contributed by atoms with E-state index in [9.17, 15) is 13.2 Å². The molecule has 3 aromatic carbocycles. The van der Waals surface area contributed by atoms with Crippen molar-refractivity contribution in [2.45, 2.75) is 11.5 Å². The van der Waals surface area contributed by atoms with E-state index in [4.69, 9.17) is 51.1 Å². The fourth-order valence-electron chi connectivity index (χ4n) is 2.42. The standard InChI is InChI=1S/C20H13Cl4NO4S/c21-14-4-1-12(2-5-14)11-29-20(26)13-3-7-17(24)19(9-13)30(27,28)25-18-10-15(22)6-8-16(18)23/h1-10,25H,11H2. The predicted molar refractivity (Wildman–Crippen MR) is 119 cm³/mol. The number of benzene rings is 3. The molecule has 3 aromatic rings. The topological polar surface area (TPSA) is 72.5 Å². The molecule has 0 aromatic heterocycles. The van der Waals surface area contributed by atoms with Crippen LogP contribution in [-0.2, 0) is 21.4 Å². The summed E-state index contributed by atoms with van der Waals surface area (Å²) < 4.78 is 33.2. The van der Waals surface area contributed by atoms with Crippen molar-refractivity contribution >= 4 is 68.1 Å². The van der Waals surface area contributed by atoms with Crippen LogP contribution < -0.4 is 4.72 Å². The van der Waals surface area contributed by atoms with Crippen LogP contribution in [0.15, 0.2) is 65.6 Å². The maximum atomic E-state index is 12.8. The smallest absolute Gasteiger partial charge is 0.338 e. The molecule has 0 aliphatic heterocycles. The molecule has 0 atom stereocenters. The maximum Gasteiger partial charge on any atom is 0.338 e. The van der Waals surface area contributed by atoms with Gasteiger partial charge in [-0.3, -0.25) is 4.72 Å². The summed E-state index contributed by atoms with van der Waals surface area (Å²) in [5.41, 5.74) is 0.828. The molecule has 0 radical (unpaired) electrons. The highest BCUT2D eigenvalue weighted by Crippen LogP contribution is 2.30. The molecule has 0 saturated carbocycles. The van der Waals surface area contributed by atoms with E-state index in [0.717, 1.165) is 11.6 Å². The Hall–Kier alpha value is -1.96. The van der Waals surface area contributed by atoms with Gasteiger partial charge < -0.3 is 4.74 Å². The highest BCUT2D eigenvalue weighted by atomic mass is 35.5. The lowest BCUT2D eigenvalue weighted by molar-refractivity contribution is 0.0472. The first-order valence-electron chi connectivity index (χ1n) is 8.35. The summed E-state index contributed by atoms with van der Waals surface area (Å²) in [5, 5.41) is 0.931. The van der Waals surface area contributed by atoms with Crippen LogP contribution in [0.4, 0.5) is 5.69 Å². The number of hydrogen-bond donors (Lipinski definition) is 1. The number of ether oxygens (including phenoxy) is 1. The van der Waals surface area contributed by atoms with Gasteiger partial charge in [0, 0.05) is 10.0 Å². The maximum absolute atomic E-state index is 12.8. The Morgan fingerprint density at radius 1 is 0.833 bits per heavy atom. The van der Waals surface area contributed by atoms with E-state index in [0.29, 0.717) is 10.0 Å². The minimum absolute atomic E-state index is 0.00289. The number of esters is 1. The van der Waals surface area contributed by atoms with Crippen LogP contribution in [0.5, 0.6) is 0 Å². The molecule has 0 aliphatic carbocycles. The average molecular weight is 505 g/mol. The van der Waals surface area contributed by atoms with Crippen LogP contribution in [0, 0.1) is 0 Å². The second kappa shape index (κ2) is 9.45. The molecule has 0 bridgehead atoms. The van der Waals surface area contributed by atoms with Crippen molar-refractivity contribution in [3.8, 4) is 0 Å². The quantitative estimate of drug-likeness (QED) is 0.391. The lowest BCUT2D eigenvalue weighted by Crippen LogP contribution is -2.15. The molecular weight excluding hydrogens is 492 g/mol. The Morgan fingerprint density at radius 3 is 2.17 bits per heavy atom. The van der Waals surface area contributed by atoms with Crippen molar-refractivity contribution in [3.63, 3.8) is 0 Å². The minimum atomic E-state index is -4.16. The van der Waals surface area contributed by atoms with Crippen molar-refractivity contribution in [1.29, 1.82) is 0 Å². The summed E-state index contributed by atoms with van der Waals surface area (Å²) in [6, 6.07) is 14.9. The second-order valence-corrected chi connectivity index (χ2v) is 9.42. The van der Waals surface area contributed by atoms with Crippen LogP contribution in [0.1, 0.15) is 15.9 Å². The Balaban J connectivity index is 1.82. The molecule has 3 rings (SSSR count). The molecule has 0 unspecified atom stereocenters. The summed E-state index contributed by atoms with van der Waals surface area (Å²) >= 11 is 23.8. The summed E-state index contributed by atoms with van der Waals surface area (Å²) in [7, 11) is -4.16. The van der Waals surface area contributed by atoms with Gasteiger partial charge in [0.1, 0.15) is 11.5 Å². The number of carbonyl (C=O) groups is 1. The Kier molecular flexibility index (Phi) is 7.16. The third-order valence-electron chi connectivity index (χ3n) is 3.91. The minimum Gasteiger partial charge on any atom is -0.457 e. The number of anilines is 1. The molecule has 1 N–H and O–H groups in total. The predicted octanol–water partition coefficient (Wildman–Crippen LogP) is 6.46. The van der Waals surface area contributed by atoms with E-state index in [-0.39, 0.29) is 32.8 Å². The van der Waals surface area contributed by atoms with Gasteiger partial charge in [0.25, 0.3) is 10.0 Å². The van der Waals surface area contributed by atoms with Crippen molar-refractivity contribution in [3.05, 3.63) is 91.9 Å². The molecule has 156 valence electrons. The van der Waals surface area contributed by atoms with E-state index in [1.807, 2.05) is 0 Å². The van der Waals surface area contributed by atoms with Gasteiger partial charge >= 0.3 is 5.97 Å². The number of rotatable bonds is 6. The normalized spacial score (nSPS) is 11.2. The zero-order chi connectivity index (χ0) is 21.9. The summed E-state index contributed by atoms with van der Waals surface area (Å²) in [4.78, 5) is 12.1. The molecule has 0 heterocycles. The van der Waals surface area contributed by atoms with Gasteiger partial charge in [0.05, 0.1) is 21.3 Å². The third-order valence-corrected chi connectivity index (χ3v) is 6.58. The molecule has 30 heavy (non-hydrogen) atoms. The number of hydrogen-bond acceptors (Lipinski definition) is 4. The van der Waals surface area contributed by atoms with Gasteiger partial charge in [-0.1, -0.05) is 58.5 Å². The van der Waals surface area contributed by atoms with E-state index in [1.165, 1.54) is 30.3 Å². The van der Waals surface area contributed by atoms with E-state index >= 15 is 0 Å². The summed E-state index contributed by atoms with van der Waals surface area (Å²) in [6.07, 6.45) is 0. The fraction of sp³-hybridized carbons (Fsp3) is 0.0500. The van der Waals surface area contributed by atoms with E-state index < -0.39 is 16.0 Å². The van der Waals surface area contributed by atoms with E-state index in [2.05, 4.69) is 4.72 Å². The number of carbonyl (C=O) groups excluding carboxylic acids is 1. The lowest BCUT2D eigenvalue weighted by Gasteiger charge is -2.12. The largest absolute Gasteiger partial charge is 0.457 e. The highest BCUT2D eigenvalue weighted by Gasteiger charge is 2.22. The van der Waals surface area contributed by atoms with Gasteiger partial charge in [-0.2, -0.15) is 0 Å². The van der Waals surface area contributed by atoms with Gasteiger partial charge in [-0.15, -0.1) is 0 Å². The summed E-state index contributed by atoms with van der Waals surface area (Å²) in [5.74, 6) is -0.709. The lowest BCUT2D eigenvalue weighted by atomic mass is 10.2. The van der Waals surface area contributed by atoms with Crippen LogP contribution in [-0.4, -0.2) is 14.4 Å². The van der Waals surface area contributed by atoms with Crippen LogP contribution in [0.25, 0.3) is 0 Å². The zero-order valence-corrected chi connectivity index (χ0v) is 18.9. The molecule has 0 amide bonds. The van der Waals surface area contributed by atoms with Crippen LogP contribution in [0.3, 0.4) is 0 Å². The fourth-order valence-corrected chi connectivity index (χ4v) is 4.54. The van der Waals surface area contributed by atoms with Gasteiger partial charge in [-0.05, 0) is 54.1 Å². The first-order valence-corrected chi connectivity index (χ1v) is 11.3. The van der Waals surface area contributed by atoms with Gasteiger partial charge in [0.15, 0.2) is 0 Å². The summed E-state index contributed by atoms with van der Waals surface area (Å²) in [6.45, 7) is -0.00289. The first-order chi connectivity index (χ1) is 14.2. The van der Waals surface area contributed by atoms with Crippen molar-refractivity contribution in [1.82, 2.24) is 0 Å². The SMILES string of the molecule is O=C(OCc1ccc(Cl)cc1)c1ccc(Cl)c(S(=O)(=O)Nc2cc(Cl)ccc2Cl)c1.